The lowest BCUT2D eigenvalue weighted by Gasteiger charge is -2.14. The van der Waals surface area contributed by atoms with E-state index < -0.39 is 0 Å². The smallest absolute Gasteiger partial charge is 0.262 e. The number of amides is 1. The summed E-state index contributed by atoms with van der Waals surface area (Å²) in [5.41, 5.74) is 2.23. The van der Waals surface area contributed by atoms with Gasteiger partial charge >= 0.3 is 0 Å². The molecule has 164 valence electrons. The Morgan fingerprint density at radius 2 is 1.97 bits per heavy atom. The number of aromatic nitrogens is 2. The lowest BCUT2D eigenvalue weighted by Crippen LogP contribution is -2.25. The highest BCUT2D eigenvalue weighted by molar-refractivity contribution is 7.99. The van der Waals surface area contributed by atoms with Gasteiger partial charge in [0.25, 0.3) is 5.56 Å². The molecule has 0 aliphatic carbocycles. The highest BCUT2D eigenvalue weighted by Crippen LogP contribution is 2.21. The molecule has 1 N–H and O–H groups in total. The molecule has 8 heteroatoms. The summed E-state index contributed by atoms with van der Waals surface area (Å²) in [6.07, 6.45) is 0.801. The van der Waals surface area contributed by atoms with E-state index in [9.17, 15) is 9.59 Å². The summed E-state index contributed by atoms with van der Waals surface area (Å²) in [4.78, 5) is 30.1. The molecular formula is C23H26ClN3O3S. The third-order valence-electron chi connectivity index (χ3n) is 4.53. The molecule has 3 aromatic rings. The lowest BCUT2D eigenvalue weighted by molar-refractivity contribution is -0.113. The molecule has 3 rings (SSSR count). The summed E-state index contributed by atoms with van der Waals surface area (Å²) in [5.74, 6) is -0.0292. The largest absolute Gasteiger partial charge is 0.379 e. The van der Waals surface area contributed by atoms with Gasteiger partial charge in [-0.25, -0.2) is 4.98 Å². The van der Waals surface area contributed by atoms with Crippen molar-refractivity contribution >= 4 is 45.9 Å². The number of rotatable bonds is 9. The molecule has 0 radical (unpaired) electrons. The van der Waals surface area contributed by atoms with E-state index >= 15 is 0 Å². The average Bonchev–Trinajstić information content (AvgIpc) is 2.72. The van der Waals surface area contributed by atoms with Crippen LogP contribution in [-0.2, 0) is 16.1 Å². The number of hydrogen-bond donors (Lipinski definition) is 1. The van der Waals surface area contributed by atoms with Gasteiger partial charge in [0.15, 0.2) is 5.16 Å². The molecule has 6 nitrogen and oxygen atoms in total. The van der Waals surface area contributed by atoms with Gasteiger partial charge < -0.3 is 10.1 Å². The van der Waals surface area contributed by atoms with Crippen LogP contribution in [0.2, 0.25) is 5.02 Å². The van der Waals surface area contributed by atoms with Crippen molar-refractivity contribution in [3.63, 3.8) is 0 Å². The number of fused-ring (bicyclic) bond motifs is 1. The molecule has 0 saturated heterocycles. The van der Waals surface area contributed by atoms with E-state index in [-0.39, 0.29) is 23.3 Å². The monoisotopic (exact) mass is 459 g/mol. The fraction of sp³-hybridized carbons (Fsp3) is 0.348. The van der Waals surface area contributed by atoms with Crippen LogP contribution in [0.1, 0.15) is 25.8 Å². The van der Waals surface area contributed by atoms with Gasteiger partial charge in [-0.1, -0.05) is 41.1 Å². The predicted octanol–water partition coefficient (Wildman–Crippen LogP) is 4.90. The Labute approximate surface area is 191 Å². The second-order valence-electron chi connectivity index (χ2n) is 7.49. The van der Waals surface area contributed by atoms with Crippen molar-refractivity contribution in [2.75, 3.05) is 17.7 Å². The molecule has 2 aromatic carbocycles. The zero-order valence-electron chi connectivity index (χ0n) is 17.9. The minimum atomic E-state index is -0.163. The zero-order chi connectivity index (χ0) is 22.4. The van der Waals surface area contributed by atoms with Gasteiger partial charge in [0.05, 0.1) is 22.8 Å². The maximum Gasteiger partial charge on any atom is 0.262 e. The second kappa shape index (κ2) is 10.8. The number of carbonyl (C=O) groups is 1. The van der Waals surface area contributed by atoms with Crippen molar-refractivity contribution in [2.45, 2.75) is 45.0 Å². The van der Waals surface area contributed by atoms with Gasteiger partial charge in [-0.05, 0) is 57.5 Å². The van der Waals surface area contributed by atoms with Crippen LogP contribution in [0.3, 0.4) is 0 Å². The fourth-order valence-corrected chi connectivity index (χ4v) is 3.98. The quantitative estimate of drug-likeness (QED) is 0.280. The number of nitrogens with zero attached hydrogens (tertiary/aromatic N) is 2. The van der Waals surface area contributed by atoms with Crippen LogP contribution in [0.25, 0.3) is 10.9 Å². The van der Waals surface area contributed by atoms with Gasteiger partial charge in [-0.2, -0.15) is 0 Å². The van der Waals surface area contributed by atoms with E-state index in [0.29, 0.717) is 40.7 Å². The molecule has 0 atom stereocenters. The normalized spacial score (nSPS) is 11.3. The van der Waals surface area contributed by atoms with Crippen molar-refractivity contribution in [1.29, 1.82) is 0 Å². The molecule has 1 aromatic heterocycles. The van der Waals surface area contributed by atoms with Crippen molar-refractivity contribution < 1.29 is 9.53 Å². The third kappa shape index (κ3) is 6.56. The topological polar surface area (TPSA) is 73.2 Å². The predicted molar refractivity (Wildman–Crippen MR) is 127 cm³/mol. The number of hydrogen-bond acceptors (Lipinski definition) is 5. The van der Waals surface area contributed by atoms with E-state index in [1.165, 1.54) is 11.8 Å². The summed E-state index contributed by atoms with van der Waals surface area (Å²) in [7, 11) is 0. The highest BCUT2D eigenvalue weighted by Gasteiger charge is 2.14. The summed E-state index contributed by atoms with van der Waals surface area (Å²) in [6.45, 7) is 6.94. The molecule has 0 bridgehead atoms. The number of aryl methyl sites for hydroxylation is 1. The van der Waals surface area contributed by atoms with Crippen molar-refractivity contribution in [3.05, 3.63) is 63.4 Å². The molecule has 0 fully saturated rings. The van der Waals surface area contributed by atoms with Crippen LogP contribution in [0, 0.1) is 6.92 Å². The molecule has 0 spiro atoms. The highest BCUT2D eigenvalue weighted by atomic mass is 35.5. The molecule has 0 aliphatic rings. The van der Waals surface area contributed by atoms with Crippen LogP contribution >= 0.6 is 23.4 Å². The van der Waals surface area contributed by atoms with Crippen molar-refractivity contribution in [1.82, 2.24) is 9.55 Å². The van der Waals surface area contributed by atoms with E-state index in [4.69, 9.17) is 16.3 Å². The third-order valence-corrected chi connectivity index (χ3v) is 5.74. The van der Waals surface area contributed by atoms with Crippen molar-refractivity contribution in [2.24, 2.45) is 0 Å². The molecular weight excluding hydrogens is 434 g/mol. The number of thioether (sulfide) groups is 1. The standard InChI is InChI=1S/C23H26ClN3O3S/c1-15(2)30-12-4-11-27-22(29)19-10-7-17(24)13-20(19)26-23(27)31-14-21(28)25-18-8-5-16(3)6-9-18/h5-10,13,15H,4,11-12,14H2,1-3H3,(H,25,28). The summed E-state index contributed by atoms with van der Waals surface area (Å²) >= 11 is 7.32. The molecule has 0 saturated carbocycles. The first-order chi connectivity index (χ1) is 14.8. The molecule has 31 heavy (non-hydrogen) atoms. The summed E-state index contributed by atoms with van der Waals surface area (Å²) < 4.78 is 7.21. The lowest BCUT2D eigenvalue weighted by atomic mass is 10.2. The Balaban J connectivity index is 1.78. The Kier molecular flexibility index (Phi) is 8.12. The number of nitrogens with one attached hydrogen (secondary N) is 1. The van der Waals surface area contributed by atoms with E-state index in [1.54, 1.807) is 22.8 Å². The van der Waals surface area contributed by atoms with Crippen LogP contribution in [0.4, 0.5) is 5.69 Å². The van der Waals surface area contributed by atoms with Gasteiger partial charge in [-0.15, -0.1) is 0 Å². The molecule has 0 unspecified atom stereocenters. The number of benzene rings is 2. The Morgan fingerprint density at radius 1 is 1.23 bits per heavy atom. The van der Waals surface area contributed by atoms with Crippen molar-refractivity contribution in [3.8, 4) is 0 Å². The molecule has 1 heterocycles. The second-order valence-corrected chi connectivity index (χ2v) is 8.87. The minimum Gasteiger partial charge on any atom is -0.379 e. The number of anilines is 1. The fourth-order valence-electron chi connectivity index (χ4n) is 2.99. The SMILES string of the molecule is Cc1ccc(NC(=O)CSc2nc3cc(Cl)ccc3c(=O)n2CCCOC(C)C)cc1. The van der Waals surface area contributed by atoms with Gasteiger partial charge in [0, 0.05) is 23.9 Å². The maximum atomic E-state index is 13.1. The van der Waals surface area contributed by atoms with E-state index in [1.807, 2.05) is 45.0 Å². The van der Waals surface area contributed by atoms with Crippen LogP contribution in [-0.4, -0.2) is 33.9 Å². The first-order valence-corrected chi connectivity index (χ1v) is 11.5. The van der Waals surface area contributed by atoms with Gasteiger partial charge in [-0.3, -0.25) is 14.2 Å². The van der Waals surface area contributed by atoms with Gasteiger partial charge in [0.2, 0.25) is 5.91 Å². The Bertz CT molecular complexity index is 1110. The Hall–Kier alpha value is -2.35. The van der Waals surface area contributed by atoms with E-state index in [0.717, 1.165) is 11.3 Å². The van der Waals surface area contributed by atoms with Crippen LogP contribution in [0.15, 0.2) is 52.4 Å². The molecule has 1 amide bonds. The summed E-state index contributed by atoms with van der Waals surface area (Å²) in [6, 6.07) is 12.6. The van der Waals surface area contributed by atoms with Gasteiger partial charge in [0.1, 0.15) is 0 Å². The zero-order valence-corrected chi connectivity index (χ0v) is 19.4. The first-order valence-electron chi connectivity index (χ1n) is 10.1. The maximum absolute atomic E-state index is 13.1. The Morgan fingerprint density at radius 3 is 2.68 bits per heavy atom. The van der Waals surface area contributed by atoms with Crippen LogP contribution in [0.5, 0.6) is 0 Å². The minimum absolute atomic E-state index is 0.132. The number of halogens is 1. The average molecular weight is 460 g/mol. The number of carbonyl (C=O) groups excluding carboxylic acids is 1. The number of ether oxygens (including phenoxy) is 1. The van der Waals surface area contributed by atoms with E-state index in [2.05, 4.69) is 10.3 Å². The van der Waals surface area contributed by atoms with Crippen LogP contribution < -0.4 is 10.9 Å². The summed E-state index contributed by atoms with van der Waals surface area (Å²) in [5, 5.41) is 4.37. The molecule has 0 aliphatic heterocycles. The first kappa shape index (κ1) is 23.3.